The molecule has 0 saturated carbocycles. The molecule has 0 aliphatic rings. The molecule has 88 valence electrons. The number of nitrogens with zero attached hydrogens (tertiary/aromatic N) is 2. The van der Waals surface area contributed by atoms with E-state index in [0.29, 0.717) is 28.8 Å². The highest BCUT2D eigenvalue weighted by atomic mass is 79.9. The average Bonchev–Trinajstić information content (AvgIpc) is 2.28. The molecule has 5 heteroatoms. The van der Waals surface area contributed by atoms with Gasteiger partial charge >= 0.3 is 0 Å². The van der Waals surface area contributed by atoms with Crippen LogP contribution in [0.4, 0.5) is 4.39 Å². The molecule has 0 amide bonds. The first-order chi connectivity index (χ1) is 8.19. The molecule has 0 fully saturated rings. The maximum atomic E-state index is 13.3. The van der Waals surface area contributed by atoms with Gasteiger partial charge < -0.3 is 5.73 Å². The van der Waals surface area contributed by atoms with Gasteiger partial charge in [0.15, 0.2) is 5.82 Å². The summed E-state index contributed by atoms with van der Waals surface area (Å²) < 4.78 is 13.9. The Morgan fingerprint density at radius 3 is 2.82 bits per heavy atom. The number of nitrogens with two attached hydrogens (primary N) is 1. The van der Waals surface area contributed by atoms with E-state index in [4.69, 9.17) is 5.73 Å². The van der Waals surface area contributed by atoms with Crippen LogP contribution in [0.25, 0.3) is 11.4 Å². The van der Waals surface area contributed by atoms with Crippen molar-refractivity contribution in [2.75, 3.05) is 6.54 Å². The van der Waals surface area contributed by atoms with E-state index in [1.54, 1.807) is 12.3 Å². The predicted octanol–water partition coefficient (Wildman–Crippen LogP) is 2.55. The third-order valence-corrected chi connectivity index (χ3v) is 2.69. The molecule has 0 bridgehead atoms. The molecule has 0 aliphatic heterocycles. The molecule has 0 saturated heterocycles. The molecule has 2 N–H and O–H groups in total. The summed E-state index contributed by atoms with van der Waals surface area (Å²) in [5.74, 6) is 0.193. The third-order valence-electron chi connectivity index (χ3n) is 2.23. The summed E-state index contributed by atoms with van der Waals surface area (Å²) in [5.41, 5.74) is 6.98. The Kier molecular flexibility index (Phi) is 3.81. The summed E-state index contributed by atoms with van der Waals surface area (Å²) in [7, 11) is 0. The fourth-order valence-corrected chi connectivity index (χ4v) is 1.97. The number of benzene rings is 1. The molecule has 0 spiro atoms. The Bertz CT molecular complexity index is 511. The van der Waals surface area contributed by atoms with Gasteiger partial charge in [-0.2, -0.15) is 0 Å². The highest BCUT2D eigenvalue weighted by Gasteiger charge is 2.05. The van der Waals surface area contributed by atoms with Crippen molar-refractivity contribution in [3.05, 3.63) is 46.4 Å². The van der Waals surface area contributed by atoms with E-state index in [0.717, 1.165) is 5.69 Å². The topological polar surface area (TPSA) is 51.8 Å². The molecular weight excluding hydrogens is 285 g/mol. The van der Waals surface area contributed by atoms with Gasteiger partial charge in [0.1, 0.15) is 5.82 Å². The van der Waals surface area contributed by atoms with Gasteiger partial charge in [0, 0.05) is 28.3 Å². The van der Waals surface area contributed by atoms with Crippen molar-refractivity contribution in [1.82, 2.24) is 9.97 Å². The maximum Gasteiger partial charge on any atom is 0.159 e. The summed E-state index contributed by atoms with van der Waals surface area (Å²) in [6.45, 7) is 0.531. The molecule has 2 rings (SSSR count). The van der Waals surface area contributed by atoms with Crippen molar-refractivity contribution in [1.29, 1.82) is 0 Å². The summed E-state index contributed by atoms with van der Waals surface area (Å²) in [4.78, 5) is 8.47. The Labute approximate surface area is 107 Å². The predicted molar refractivity (Wildman–Crippen MR) is 67.9 cm³/mol. The van der Waals surface area contributed by atoms with E-state index >= 15 is 0 Å². The fraction of sp³-hybridized carbons (Fsp3) is 0.167. The zero-order valence-corrected chi connectivity index (χ0v) is 10.6. The Hall–Kier alpha value is -1.33. The molecule has 1 heterocycles. The number of aromatic nitrogens is 2. The van der Waals surface area contributed by atoms with Gasteiger partial charge in [0.2, 0.25) is 0 Å². The normalized spacial score (nSPS) is 10.5. The van der Waals surface area contributed by atoms with E-state index in [1.165, 1.54) is 12.1 Å². The highest BCUT2D eigenvalue weighted by Crippen LogP contribution is 2.21. The van der Waals surface area contributed by atoms with Crippen LogP contribution >= 0.6 is 15.9 Å². The molecule has 0 aliphatic carbocycles. The van der Waals surface area contributed by atoms with Crippen molar-refractivity contribution in [3.63, 3.8) is 0 Å². The minimum atomic E-state index is -0.317. The zero-order valence-electron chi connectivity index (χ0n) is 9.03. The Morgan fingerprint density at radius 2 is 2.12 bits per heavy atom. The van der Waals surface area contributed by atoms with Crippen LogP contribution in [0, 0.1) is 5.82 Å². The molecule has 17 heavy (non-hydrogen) atoms. The molecule has 3 nitrogen and oxygen atoms in total. The fourth-order valence-electron chi connectivity index (χ4n) is 1.51. The summed E-state index contributed by atoms with van der Waals surface area (Å²) in [6.07, 6.45) is 2.35. The number of hydrogen-bond donors (Lipinski definition) is 1. The van der Waals surface area contributed by atoms with Crippen LogP contribution in [-0.2, 0) is 6.42 Å². The van der Waals surface area contributed by atoms with Crippen molar-refractivity contribution in [2.45, 2.75) is 6.42 Å². The minimum Gasteiger partial charge on any atom is -0.330 e. The quantitative estimate of drug-likeness (QED) is 0.947. The van der Waals surface area contributed by atoms with Crippen molar-refractivity contribution < 1.29 is 4.39 Å². The van der Waals surface area contributed by atoms with Crippen LogP contribution in [0.1, 0.15) is 5.69 Å². The van der Waals surface area contributed by atoms with Gasteiger partial charge in [0.05, 0.1) is 0 Å². The first-order valence-electron chi connectivity index (χ1n) is 5.17. The second-order valence-corrected chi connectivity index (χ2v) is 4.48. The monoisotopic (exact) mass is 295 g/mol. The molecule has 1 aromatic heterocycles. The molecular formula is C12H11BrFN3. The van der Waals surface area contributed by atoms with Crippen LogP contribution in [0.3, 0.4) is 0 Å². The molecule has 0 atom stereocenters. The zero-order chi connectivity index (χ0) is 12.3. The lowest BCUT2D eigenvalue weighted by Gasteiger charge is -2.03. The van der Waals surface area contributed by atoms with Crippen LogP contribution in [0.2, 0.25) is 0 Å². The van der Waals surface area contributed by atoms with Crippen LogP contribution < -0.4 is 5.73 Å². The van der Waals surface area contributed by atoms with Crippen molar-refractivity contribution in [2.24, 2.45) is 5.73 Å². The second kappa shape index (κ2) is 5.33. The maximum absolute atomic E-state index is 13.3. The molecule has 1 aromatic carbocycles. The van der Waals surface area contributed by atoms with Crippen LogP contribution in [0.15, 0.2) is 34.9 Å². The Morgan fingerprint density at radius 1 is 1.29 bits per heavy atom. The molecule has 0 unspecified atom stereocenters. The number of hydrogen-bond acceptors (Lipinski definition) is 3. The number of rotatable bonds is 3. The standard InChI is InChI=1S/C12H11BrFN3/c13-9-5-8(6-10(14)7-9)12-16-4-2-11(17-12)1-3-15/h2,4-7H,1,3,15H2. The van der Waals surface area contributed by atoms with E-state index < -0.39 is 0 Å². The third kappa shape index (κ3) is 3.08. The van der Waals surface area contributed by atoms with Crippen molar-refractivity contribution >= 4 is 15.9 Å². The average molecular weight is 296 g/mol. The van der Waals surface area contributed by atoms with Gasteiger partial charge in [-0.25, -0.2) is 14.4 Å². The van der Waals surface area contributed by atoms with E-state index in [9.17, 15) is 4.39 Å². The van der Waals surface area contributed by atoms with Crippen LogP contribution in [-0.4, -0.2) is 16.5 Å². The molecule has 0 radical (unpaired) electrons. The Balaban J connectivity index is 2.41. The van der Waals surface area contributed by atoms with Gasteiger partial charge in [-0.3, -0.25) is 0 Å². The van der Waals surface area contributed by atoms with E-state index in [2.05, 4.69) is 25.9 Å². The summed E-state index contributed by atoms with van der Waals surface area (Å²) in [5, 5.41) is 0. The summed E-state index contributed by atoms with van der Waals surface area (Å²) >= 11 is 3.24. The first kappa shape index (κ1) is 12.1. The van der Waals surface area contributed by atoms with Gasteiger partial charge in [-0.1, -0.05) is 15.9 Å². The molecule has 2 aromatic rings. The summed E-state index contributed by atoms with van der Waals surface area (Å²) in [6, 6.07) is 6.40. The van der Waals surface area contributed by atoms with Gasteiger partial charge in [-0.05, 0) is 30.8 Å². The lowest BCUT2D eigenvalue weighted by atomic mass is 10.2. The van der Waals surface area contributed by atoms with E-state index in [1.807, 2.05) is 6.07 Å². The smallest absolute Gasteiger partial charge is 0.159 e. The number of halogens is 2. The lowest BCUT2D eigenvalue weighted by molar-refractivity contribution is 0.627. The SMILES string of the molecule is NCCc1ccnc(-c2cc(F)cc(Br)c2)n1. The van der Waals surface area contributed by atoms with Gasteiger partial charge in [-0.15, -0.1) is 0 Å². The lowest BCUT2D eigenvalue weighted by Crippen LogP contribution is -2.05. The van der Waals surface area contributed by atoms with Crippen LogP contribution in [0.5, 0.6) is 0 Å². The van der Waals surface area contributed by atoms with E-state index in [-0.39, 0.29) is 5.82 Å². The van der Waals surface area contributed by atoms with Gasteiger partial charge in [0.25, 0.3) is 0 Å². The second-order valence-electron chi connectivity index (χ2n) is 3.57. The largest absolute Gasteiger partial charge is 0.330 e. The first-order valence-corrected chi connectivity index (χ1v) is 5.97. The highest BCUT2D eigenvalue weighted by molar-refractivity contribution is 9.10. The van der Waals surface area contributed by atoms with Crippen molar-refractivity contribution in [3.8, 4) is 11.4 Å². The minimum absolute atomic E-state index is 0.317.